The van der Waals surface area contributed by atoms with E-state index in [-0.39, 0.29) is 11.6 Å². The zero-order valence-electron chi connectivity index (χ0n) is 8.66. The molecule has 0 aliphatic carbocycles. The third-order valence-electron chi connectivity index (χ3n) is 2.18. The minimum absolute atomic E-state index is 0.0182. The summed E-state index contributed by atoms with van der Waals surface area (Å²) in [4.78, 5) is 11.3. The van der Waals surface area contributed by atoms with Gasteiger partial charge in [-0.1, -0.05) is 0 Å². The molecule has 1 rings (SSSR count). The lowest BCUT2D eigenvalue weighted by atomic mass is 10.2. The fourth-order valence-electron chi connectivity index (χ4n) is 1.07. The standard InChI is InChI=1S/C10H17N3O/c1-8(6-11)12-7-9-3-4-13(2)10(14)5-9/h3-5,8,12H,6-7,11H2,1-2H3/t8-/m1/s1. The molecular formula is C10H17N3O. The Morgan fingerprint density at radius 1 is 1.64 bits per heavy atom. The fourth-order valence-corrected chi connectivity index (χ4v) is 1.07. The number of hydrogen-bond donors (Lipinski definition) is 2. The van der Waals surface area contributed by atoms with E-state index < -0.39 is 0 Å². The van der Waals surface area contributed by atoms with Gasteiger partial charge in [-0.3, -0.25) is 4.79 Å². The van der Waals surface area contributed by atoms with Crippen molar-refractivity contribution in [2.45, 2.75) is 19.5 Å². The molecule has 1 atom stereocenters. The zero-order valence-corrected chi connectivity index (χ0v) is 8.66. The van der Waals surface area contributed by atoms with Crippen molar-refractivity contribution in [1.29, 1.82) is 0 Å². The van der Waals surface area contributed by atoms with Crippen LogP contribution in [0.4, 0.5) is 0 Å². The van der Waals surface area contributed by atoms with Gasteiger partial charge in [0.15, 0.2) is 0 Å². The largest absolute Gasteiger partial charge is 0.329 e. The average Bonchev–Trinajstić information content (AvgIpc) is 2.19. The first kappa shape index (κ1) is 10.9. The van der Waals surface area contributed by atoms with Gasteiger partial charge < -0.3 is 15.6 Å². The van der Waals surface area contributed by atoms with Crippen LogP contribution in [0.5, 0.6) is 0 Å². The number of nitrogens with two attached hydrogens (primary N) is 1. The molecule has 3 N–H and O–H groups in total. The topological polar surface area (TPSA) is 60.0 Å². The highest BCUT2D eigenvalue weighted by molar-refractivity contribution is 5.10. The molecular weight excluding hydrogens is 178 g/mol. The molecule has 0 unspecified atom stereocenters. The SMILES string of the molecule is C[C@H](CN)NCc1ccn(C)c(=O)c1. The molecule has 0 aliphatic heterocycles. The van der Waals surface area contributed by atoms with E-state index in [0.29, 0.717) is 13.1 Å². The van der Waals surface area contributed by atoms with Crippen LogP contribution in [0.15, 0.2) is 23.1 Å². The minimum Gasteiger partial charge on any atom is -0.329 e. The molecule has 0 saturated heterocycles. The molecule has 78 valence electrons. The van der Waals surface area contributed by atoms with E-state index in [2.05, 4.69) is 5.32 Å². The first-order chi connectivity index (χ1) is 6.63. The summed E-state index contributed by atoms with van der Waals surface area (Å²) in [6, 6.07) is 3.84. The number of aromatic nitrogens is 1. The maximum atomic E-state index is 11.3. The van der Waals surface area contributed by atoms with E-state index in [1.807, 2.05) is 13.0 Å². The Morgan fingerprint density at radius 3 is 2.93 bits per heavy atom. The number of rotatable bonds is 4. The molecule has 0 bridgehead atoms. The second-order valence-electron chi connectivity index (χ2n) is 3.50. The van der Waals surface area contributed by atoms with E-state index in [9.17, 15) is 4.79 Å². The van der Waals surface area contributed by atoms with Gasteiger partial charge >= 0.3 is 0 Å². The van der Waals surface area contributed by atoms with Crippen LogP contribution in [-0.2, 0) is 13.6 Å². The van der Waals surface area contributed by atoms with Gasteiger partial charge in [-0.2, -0.15) is 0 Å². The van der Waals surface area contributed by atoms with E-state index in [1.165, 1.54) is 0 Å². The molecule has 0 radical (unpaired) electrons. The van der Waals surface area contributed by atoms with Crippen molar-refractivity contribution < 1.29 is 0 Å². The number of nitrogens with one attached hydrogen (secondary N) is 1. The van der Waals surface area contributed by atoms with Crippen LogP contribution in [0.3, 0.4) is 0 Å². The van der Waals surface area contributed by atoms with Crippen molar-refractivity contribution in [2.75, 3.05) is 6.54 Å². The zero-order chi connectivity index (χ0) is 10.6. The highest BCUT2D eigenvalue weighted by Crippen LogP contribution is 1.93. The van der Waals surface area contributed by atoms with Crippen LogP contribution in [0, 0.1) is 0 Å². The molecule has 1 aromatic heterocycles. The summed E-state index contributed by atoms with van der Waals surface area (Å²) in [7, 11) is 1.74. The Kier molecular flexibility index (Phi) is 3.85. The maximum absolute atomic E-state index is 11.3. The number of pyridine rings is 1. The molecule has 0 spiro atoms. The van der Waals surface area contributed by atoms with Gasteiger partial charge in [-0.05, 0) is 18.6 Å². The summed E-state index contributed by atoms with van der Waals surface area (Å²) in [6.07, 6.45) is 1.77. The molecule has 14 heavy (non-hydrogen) atoms. The second-order valence-corrected chi connectivity index (χ2v) is 3.50. The quantitative estimate of drug-likeness (QED) is 0.701. The van der Waals surface area contributed by atoms with Crippen LogP contribution in [0.25, 0.3) is 0 Å². The van der Waals surface area contributed by atoms with E-state index in [0.717, 1.165) is 5.56 Å². The molecule has 0 amide bonds. The van der Waals surface area contributed by atoms with Gasteiger partial charge in [0, 0.05) is 38.4 Å². The lowest BCUT2D eigenvalue weighted by Crippen LogP contribution is -2.33. The van der Waals surface area contributed by atoms with E-state index >= 15 is 0 Å². The molecule has 0 saturated carbocycles. The van der Waals surface area contributed by atoms with Crippen molar-refractivity contribution in [1.82, 2.24) is 9.88 Å². The van der Waals surface area contributed by atoms with Crippen molar-refractivity contribution in [3.8, 4) is 0 Å². The molecule has 0 aliphatic rings. The van der Waals surface area contributed by atoms with Crippen molar-refractivity contribution in [3.05, 3.63) is 34.2 Å². The van der Waals surface area contributed by atoms with Crippen LogP contribution >= 0.6 is 0 Å². The summed E-state index contributed by atoms with van der Waals surface area (Å²) >= 11 is 0. The van der Waals surface area contributed by atoms with Crippen LogP contribution in [0.1, 0.15) is 12.5 Å². The minimum atomic E-state index is 0.0182. The lowest BCUT2D eigenvalue weighted by Gasteiger charge is -2.10. The second kappa shape index (κ2) is 4.93. The predicted octanol–water partition coefficient (Wildman–Crippen LogP) is -0.178. The van der Waals surface area contributed by atoms with Gasteiger partial charge in [0.05, 0.1) is 0 Å². The summed E-state index contributed by atoms with van der Waals surface area (Å²) in [5, 5.41) is 3.22. The summed E-state index contributed by atoms with van der Waals surface area (Å²) in [5.74, 6) is 0. The third kappa shape index (κ3) is 2.97. The Labute approximate surface area is 83.7 Å². The van der Waals surface area contributed by atoms with Crippen LogP contribution < -0.4 is 16.6 Å². The highest BCUT2D eigenvalue weighted by atomic mass is 16.1. The van der Waals surface area contributed by atoms with Crippen molar-refractivity contribution in [2.24, 2.45) is 12.8 Å². The number of aryl methyl sites for hydroxylation is 1. The Balaban J connectivity index is 2.60. The smallest absolute Gasteiger partial charge is 0.250 e. The predicted molar refractivity (Wildman–Crippen MR) is 57.0 cm³/mol. The monoisotopic (exact) mass is 195 g/mol. The lowest BCUT2D eigenvalue weighted by molar-refractivity contribution is 0.555. The third-order valence-corrected chi connectivity index (χ3v) is 2.18. The van der Waals surface area contributed by atoms with Gasteiger partial charge in [0.25, 0.3) is 5.56 Å². The Hall–Kier alpha value is -1.13. The molecule has 1 heterocycles. The van der Waals surface area contributed by atoms with Crippen molar-refractivity contribution >= 4 is 0 Å². The van der Waals surface area contributed by atoms with Gasteiger partial charge in [0.1, 0.15) is 0 Å². The van der Waals surface area contributed by atoms with E-state index in [1.54, 1.807) is 23.9 Å². The molecule has 4 heteroatoms. The first-order valence-corrected chi connectivity index (χ1v) is 4.72. The summed E-state index contributed by atoms with van der Waals surface area (Å²) in [5.41, 5.74) is 6.47. The number of nitrogens with zero attached hydrogens (tertiary/aromatic N) is 1. The normalized spacial score (nSPS) is 12.8. The molecule has 0 fully saturated rings. The van der Waals surface area contributed by atoms with Gasteiger partial charge in [-0.15, -0.1) is 0 Å². The van der Waals surface area contributed by atoms with Crippen molar-refractivity contribution in [3.63, 3.8) is 0 Å². The van der Waals surface area contributed by atoms with Gasteiger partial charge in [-0.25, -0.2) is 0 Å². The first-order valence-electron chi connectivity index (χ1n) is 4.72. The number of hydrogen-bond acceptors (Lipinski definition) is 3. The van der Waals surface area contributed by atoms with Crippen LogP contribution in [0.2, 0.25) is 0 Å². The molecule has 1 aromatic rings. The Bertz CT molecular complexity index is 345. The average molecular weight is 195 g/mol. The highest BCUT2D eigenvalue weighted by Gasteiger charge is 1.99. The molecule has 0 aromatic carbocycles. The molecule has 4 nitrogen and oxygen atoms in total. The summed E-state index contributed by atoms with van der Waals surface area (Å²) in [6.45, 7) is 3.31. The van der Waals surface area contributed by atoms with E-state index in [4.69, 9.17) is 5.73 Å². The Morgan fingerprint density at radius 2 is 2.36 bits per heavy atom. The maximum Gasteiger partial charge on any atom is 0.250 e. The summed E-state index contributed by atoms with van der Waals surface area (Å²) < 4.78 is 1.55. The van der Waals surface area contributed by atoms with Crippen LogP contribution in [-0.4, -0.2) is 17.2 Å². The van der Waals surface area contributed by atoms with Gasteiger partial charge in [0.2, 0.25) is 0 Å². The fraction of sp³-hybridized carbons (Fsp3) is 0.500.